The molecule has 5 aromatic rings. The normalized spacial score (nSPS) is 14.6. The second kappa shape index (κ2) is 6.39. The molecule has 0 amide bonds. The summed E-state index contributed by atoms with van der Waals surface area (Å²) in [5.41, 5.74) is 7.30. The minimum absolute atomic E-state index is 0.672. The van der Waals surface area contributed by atoms with Crippen molar-refractivity contribution in [2.24, 2.45) is 0 Å². The molecule has 0 aromatic carbocycles. The Labute approximate surface area is 165 Å². The average Bonchev–Trinajstić information content (AvgIpc) is 3.52. The van der Waals surface area contributed by atoms with Crippen LogP contribution in [0.3, 0.4) is 0 Å². The van der Waals surface area contributed by atoms with Crippen molar-refractivity contribution in [2.75, 3.05) is 13.1 Å². The van der Waals surface area contributed by atoms with Crippen molar-refractivity contribution < 1.29 is 4.42 Å². The van der Waals surface area contributed by atoms with Crippen LogP contribution in [0.4, 0.5) is 0 Å². The molecule has 0 saturated heterocycles. The summed E-state index contributed by atoms with van der Waals surface area (Å²) in [5, 5.41) is 11.9. The van der Waals surface area contributed by atoms with Crippen LogP contribution in [0.2, 0.25) is 0 Å². The van der Waals surface area contributed by atoms with Gasteiger partial charge in [-0.1, -0.05) is 6.08 Å². The number of fused-ring (bicyclic) bond motifs is 2. The Hall–Kier alpha value is -3.78. The highest BCUT2D eigenvalue weighted by atomic mass is 16.3. The largest absolute Gasteiger partial charge is 0.472 e. The van der Waals surface area contributed by atoms with Crippen LogP contribution in [0.5, 0.6) is 0 Å². The van der Waals surface area contributed by atoms with Crippen molar-refractivity contribution in [2.45, 2.75) is 6.42 Å². The molecule has 0 saturated carbocycles. The summed E-state index contributed by atoms with van der Waals surface area (Å²) < 4.78 is 5.23. The Morgan fingerprint density at radius 2 is 2.14 bits per heavy atom. The molecule has 142 valence electrons. The van der Waals surface area contributed by atoms with Crippen molar-refractivity contribution >= 4 is 27.6 Å². The third-order valence-corrected chi connectivity index (χ3v) is 5.28. The van der Waals surface area contributed by atoms with Gasteiger partial charge in [0.25, 0.3) is 0 Å². The molecular formula is C21H17N7O. The number of pyridine rings is 2. The maximum atomic E-state index is 5.23. The molecule has 0 spiro atoms. The van der Waals surface area contributed by atoms with Gasteiger partial charge in [-0.05, 0) is 36.7 Å². The summed E-state index contributed by atoms with van der Waals surface area (Å²) in [6.07, 6.45) is 10.1. The van der Waals surface area contributed by atoms with E-state index in [2.05, 4.69) is 42.6 Å². The lowest BCUT2D eigenvalue weighted by Crippen LogP contribution is -2.20. The monoisotopic (exact) mass is 383 g/mol. The van der Waals surface area contributed by atoms with Gasteiger partial charge in [0.1, 0.15) is 11.2 Å². The number of hydrogen-bond acceptors (Lipinski definition) is 6. The SMILES string of the molecule is C1=C(c2cc3c(-c4nc5c(-c6ccoc6)ccnc5[nH]4)n[nH]c3cn2)CCNC1. The van der Waals surface area contributed by atoms with Gasteiger partial charge in [0, 0.05) is 29.3 Å². The molecule has 3 N–H and O–H groups in total. The van der Waals surface area contributed by atoms with Gasteiger partial charge < -0.3 is 14.7 Å². The average molecular weight is 383 g/mol. The molecule has 1 aliphatic heterocycles. The number of imidazole rings is 1. The van der Waals surface area contributed by atoms with Crippen LogP contribution >= 0.6 is 0 Å². The number of nitrogens with zero attached hydrogens (tertiary/aromatic N) is 4. The summed E-state index contributed by atoms with van der Waals surface area (Å²) in [7, 11) is 0. The quantitative estimate of drug-likeness (QED) is 0.440. The summed E-state index contributed by atoms with van der Waals surface area (Å²) in [4.78, 5) is 17.2. The van der Waals surface area contributed by atoms with Crippen molar-refractivity contribution in [3.05, 3.63) is 54.9 Å². The van der Waals surface area contributed by atoms with E-state index in [0.29, 0.717) is 11.5 Å². The number of hydrogen-bond donors (Lipinski definition) is 3. The molecule has 29 heavy (non-hydrogen) atoms. The van der Waals surface area contributed by atoms with E-state index < -0.39 is 0 Å². The lowest BCUT2D eigenvalue weighted by Gasteiger charge is -2.13. The van der Waals surface area contributed by atoms with E-state index in [4.69, 9.17) is 9.40 Å². The minimum atomic E-state index is 0.672. The maximum absolute atomic E-state index is 5.23. The maximum Gasteiger partial charge on any atom is 0.160 e. The third kappa shape index (κ3) is 2.65. The first-order valence-electron chi connectivity index (χ1n) is 9.49. The molecule has 0 atom stereocenters. The second-order valence-electron chi connectivity index (χ2n) is 7.02. The Bertz CT molecular complexity index is 1360. The zero-order valence-electron chi connectivity index (χ0n) is 15.4. The molecule has 8 heteroatoms. The number of furan rings is 1. The smallest absolute Gasteiger partial charge is 0.160 e. The number of aromatic nitrogens is 6. The van der Waals surface area contributed by atoms with Crippen LogP contribution in [0.1, 0.15) is 12.1 Å². The van der Waals surface area contributed by atoms with Crippen LogP contribution < -0.4 is 5.32 Å². The summed E-state index contributed by atoms with van der Waals surface area (Å²) in [5.74, 6) is 0.672. The lowest BCUT2D eigenvalue weighted by molar-refractivity contribution is 0.568. The summed E-state index contributed by atoms with van der Waals surface area (Å²) >= 11 is 0. The molecular weight excluding hydrogens is 366 g/mol. The first-order chi connectivity index (χ1) is 14.4. The Balaban J connectivity index is 1.50. The van der Waals surface area contributed by atoms with Crippen LogP contribution in [-0.4, -0.2) is 43.2 Å². The molecule has 0 fully saturated rings. The standard InChI is InChI=1S/C21H17N7O/c1-5-22-6-2-12(1)16-9-15-17(10-24-16)27-28-19(15)21-25-18-14(13-4-8-29-11-13)3-7-23-20(18)26-21/h1,3-4,7-11,22H,2,5-6H2,(H,27,28)(H,23,25,26). The van der Waals surface area contributed by atoms with E-state index >= 15 is 0 Å². The van der Waals surface area contributed by atoms with Crippen molar-refractivity contribution in [3.8, 4) is 22.6 Å². The molecule has 6 heterocycles. The Kier molecular flexibility index (Phi) is 3.57. The highest BCUT2D eigenvalue weighted by Gasteiger charge is 2.17. The van der Waals surface area contributed by atoms with Gasteiger partial charge >= 0.3 is 0 Å². The molecule has 0 unspecified atom stereocenters. The van der Waals surface area contributed by atoms with Crippen LogP contribution in [0.25, 0.3) is 50.3 Å². The molecule has 0 radical (unpaired) electrons. The van der Waals surface area contributed by atoms with Crippen molar-refractivity contribution in [3.63, 3.8) is 0 Å². The first-order valence-corrected chi connectivity index (χ1v) is 9.49. The van der Waals surface area contributed by atoms with Gasteiger partial charge in [-0.25, -0.2) is 9.97 Å². The van der Waals surface area contributed by atoms with Crippen molar-refractivity contribution in [1.29, 1.82) is 0 Å². The van der Waals surface area contributed by atoms with Gasteiger partial charge in [-0.15, -0.1) is 0 Å². The summed E-state index contributed by atoms with van der Waals surface area (Å²) in [6.45, 7) is 1.84. The molecule has 6 rings (SSSR count). The van der Waals surface area contributed by atoms with Gasteiger partial charge in [0.15, 0.2) is 11.5 Å². The van der Waals surface area contributed by atoms with E-state index in [1.165, 1.54) is 5.57 Å². The third-order valence-electron chi connectivity index (χ3n) is 5.28. The van der Waals surface area contributed by atoms with E-state index in [9.17, 15) is 0 Å². The molecule has 0 bridgehead atoms. The number of rotatable bonds is 3. The minimum Gasteiger partial charge on any atom is -0.472 e. The molecule has 1 aliphatic rings. The van der Waals surface area contributed by atoms with Crippen LogP contribution in [0, 0.1) is 0 Å². The molecule has 0 aliphatic carbocycles. The second-order valence-corrected chi connectivity index (χ2v) is 7.02. The number of nitrogens with one attached hydrogen (secondary N) is 3. The molecule has 5 aromatic heterocycles. The predicted octanol–water partition coefficient (Wildman–Crippen LogP) is 3.53. The van der Waals surface area contributed by atoms with Gasteiger partial charge in [0.2, 0.25) is 0 Å². The number of aromatic amines is 2. The topological polar surface area (TPSA) is 108 Å². The highest BCUT2D eigenvalue weighted by Crippen LogP contribution is 2.31. The highest BCUT2D eigenvalue weighted by molar-refractivity contribution is 5.96. The van der Waals surface area contributed by atoms with Gasteiger partial charge in [-0.2, -0.15) is 5.10 Å². The predicted molar refractivity (Wildman–Crippen MR) is 110 cm³/mol. The van der Waals surface area contributed by atoms with E-state index in [-0.39, 0.29) is 0 Å². The zero-order valence-corrected chi connectivity index (χ0v) is 15.4. The van der Waals surface area contributed by atoms with Crippen molar-refractivity contribution in [1.82, 2.24) is 35.5 Å². The number of H-pyrrole nitrogens is 2. The Morgan fingerprint density at radius 3 is 3.00 bits per heavy atom. The van der Waals surface area contributed by atoms with E-state index in [1.807, 2.05) is 18.3 Å². The molecule has 8 nitrogen and oxygen atoms in total. The van der Waals surface area contributed by atoms with Crippen LogP contribution in [-0.2, 0) is 0 Å². The fourth-order valence-electron chi connectivity index (χ4n) is 3.80. The van der Waals surface area contributed by atoms with Crippen LogP contribution in [0.15, 0.2) is 53.6 Å². The fraction of sp³-hybridized carbons (Fsp3) is 0.143. The van der Waals surface area contributed by atoms with E-state index in [1.54, 1.807) is 18.7 Å². The zero-order chi connectivity index (χ0) is 19.2. The first kappa shape index (κ1) is 16.2. The summed E-state index contributed by atoms with van der Waals surface area (Å²) in [6, 6.07) is 5.94. The van der Waals surface area contributed by atoms with E-state index in [0.717, 1.165) is 58.4 Å². The lowest BCUT2D eigenvalue weighted by atomic mass is 10.0. The Morgan fingerprint density at radius 1 is 1.14 bits per heavy atom. The van der Waals surface area contributed by atoms with Gasteiger partial charge in [-0.3, -0.25) is 10.1 Å². The van der Waals surface area contributed by atoms with Gasteiger partial charge in [0.05, 0.1) is 29.9 Å². The fourth-order valence-corrected chi connectivity index (χ4v) is 3.80.